The molecule has 0 saturated heterocycles. The van der Waals surface area contributed by atoms with Crippen molar-refractivity contribution in [3.63, 3.8) is 0 Å². The Labute approximate surface area is 105 Å². The van der Waals surface area contributed by atoms with Crippen LogP contribution < -0.4 is 5.32 Å². The van der Waals surface area contributed by atoms with Crippen LogP contribution in [-0.2, 0) is 6.42 Å². The van der Waals surface area contributed by atoms with E-state index >= 15 is 0 Å². The molecule has 1 atom stereocenters. The minimum Gasteiger partial charge on any atom is -0.380 e. The molecule has 0 bridgehead atoms. The fraction of sp³-hybridized carbons (Fsp3) is 0.600. The Morgan fingerprint density at radius 2 is 1.88 bits per heavy atom. The van der Waals surface area contributed by atoms with Crippen molar-refractivity contribution < 1.29 is 0 Å². The zero-order chi connectivity index (χ0) is 12.1. The van der Waals surface area contributed by atoms with Crippen LogP contribution in [0.4, 0.5) is 5.69 Å². The Morgan fingerprint density at radius 1 is 1.18 bits per heavy atom. The topological polar surface area (TPSA) is 15.3 Å². The summed E-state index contributed by atoms with van der Waals surface area (Å²) in [7, 11) is 0. The third-order valence-corrected chi connectivity index (χ3v) is 3.40. The van der Waals surface area contributed by atoms with Gasteiger partial charge in [-0.15, -0.1) is 0 Å². The Bertz CT molecular complexity index is 318. The van der Waals surface area contributed by atoms with Gasteiger partial charge in [0.15, 0.2) is 0 Å². The number of anilines is 1. The number of para-hydroxylation sites is 1. The molecule has 1 N–H and O–H groups in total. The lowest BCUT2D eigenvalue weighted by molar-refractivity contribution is 0.264. The van der Waals surface area contributed by atoms with Gasteiger partial charge in [0.05, 0.1) is 0 Å². The largest absolute Gasteiger partial charge is 0.380 e. The van der Waals surface area contributed by atoms with E-state index in [9.17, 15) is 0 Å². The van der Waals surface area contributed by atoms with Gasteiger partial charge in [0, 0.05) is 18.3 Å². The molecular weight excluding hydrogens is 208 g/mol. The van der Waals surface area contributed by atoms with Gasteiger partial charge in [0.25, 0.3) is 0 Å². The van der Waals surface area contributed by atoms with E-state index in [-0.39, 0.29) is 0 Å². The molecule has 1 aliphatic rings. The normalized spacial score (nSPS) is 18.2. The van der Waals surface area contributed by atoms with E-state index in [1.807, 2.05) is 0 Å². The maximum absolute atomic E-state index is 3.64. The van der Waals surface area contributed by atoms with Gasteiger partial charge < -0.3 is 10.2 Å². The lowest BCUT2D eigenvalue weighted by Crippen LogP contribution is -2.36. The fourth-order valence-electron chi connectivity index (χ4n) is 2.72. The molecule has 2 rings (SSSR count). The van der Waals surface area contributed by atoms with Gasteiger partial charge in [-0.2, -0.15) is 0 Å². The second-order valence-electron chi connectivity index (χ2n) is 5.00. The molecule has 0 radical (unpaired) electrons. The van der Waals surface area contributed by atoms with Crippen molar-refractivity contribution in [3.05, 3.63) is 29.8 Å². The third kappa shape index (κ3) is 3.22. The van der Waals surface area contributed by atoms with E-state index in [2.05, 4.69) is 48.3 Å². The Kier molecular flexibility index (Phi) is 4.43. The molecule has 0 unspecified atom stereocenters. The molecule has 2 nitrogen and oxygen atoms in total. The Morgan fingerprint density at radius 3 is 2.53 bits per heavy atom. The second kappa shape index (κ2) is 6.06. The van der Waals surface area contributed by atoms with Gasteiger partial charge in [-0.05, 0) is 44.0 Å². The van der Waals surface area contributed by atoms with Crippen LogP contribution in [0.3, 0.4) is 0 Å². The number of hydrogen-bond acceptors (Lipinski definition) is 2. The molecule has 0 saturated carbocycles. The number of benzene rings is 1. The highest BCUT2D eigenvalue weighted by Gasteiger charge is 2.21. The van der Waals surface area contributed by atoms with Crippen LogP contribution in [0.25, 0.3) is 0 Å². The summed E-state index contributed by atoms with van der Waals surface area (Å²) in [5, 5.41) is 3.64. The average Bonchev–Trinajstić information content (AvgIpc) is 2.71. The third-order valence-electron chi connectivity index (χ3n) is 3.40. The molecule has 2 heteroatoms. The van der Waals surface area contributed by atoms with Crippen LogP contribution in [0.1, 0.15) is 32.3 Å². The maximum atomic E-state index is 3.64. The second-order valence-corrected chi connectivity index (χ2v) is 5.00. The Hall–Kier alpha value is -1.02. The van der Waals surface area contributed by atoms with E-state index in [0.717, 1.165) is 0 Å². The zero-order valence-corrected chi connectivity index (χ0v) is 11.1. The van der Waals surface area contributed by atoms with Crippen molar-refractivity contribution in [2.24, 2.45) is 0 Å². The highest BCUT2D eigenvalue weighted by atomic mass is 15.1. The summed E-state index contributed by atoms with van der Waals surface area (Å²) in [5.74, 6) is 0. The maximum Gasteiger partial charge on any atom is 0.0429 e. The first kappa shape index (κ1) is 12.4. The van der Waals surface area contributed by atoms with Gasteiger partial charge in [-0.25, -0.2) is 0 Å². The molecule has 1 aromatic carbocycles. The monoisotopic (exact) mass is 232 g/mol. The van der Waals surface area contributed by atoms with Crippen LogP contribution in [-0.4, -0.2) is 30.6 Å². The average molecular weight is 232 g/mol. The first-order valence-electron chi connectivity index (χ1n) is 6.90. The summed E-state index contributed by atoms with van der Waals surface area (Å²) < 4.78 is 0. The molecule has 0 aromatic heterocycles. The Balaban J connectivity index is 1.89. The van der Waals surface area contributed by atoms with Gasteiger partial charge in [-0.3, -0.25) is 0 Å². The van der Waals surface area contributed by atoms with E-state index in [1.54, 1.807) is 0 Å². The molecule has 94 valence electrons. The van der Waals surface area contributed by atoms with Gasteiger partial charge in [0.2, 0.25) is 0 Å². The highest BCUT2D eigenvalue weighted by Crippen LogP contribution is 2.25. The van der Waals surface area contributed by atoms with Gasteiger partial charge in [-0.1, -0.05) is 32.0 Å². The van der Waals surface area contributed by atoms with E-state index in [1.165, 1.54) is 50.1 Å². The van der Waals surface area contributed by atoms with E-state index in [4.69, 9.17) is 0 Å². The quantitative estimate of drug-likeness (QED) is 0.810. The number of nitrogens with zero attached hydrogens (tertiary/aromatic N) is 1. The van der Waals surface area contributed by atoms with Crippen molar-refractivity contribution in [1.29, 1.82) is 0 Å². The first-order chi connectivity index (χ1) is 8.33. The number of hydrogen-bond donors (Lipinski definition) is 1. The number of nitrogens with one attached hydrogen (secondary N) is 1. The lowest BCUT2D eigenvalue weighted by atomic mass is 10.1. The predicted molar refractivity (Wildman–Crippen MR) is 74.6 cm³/mol. The summed E-state index contributed by atoms with van der Waals surface area (Å²) in [6.07, 6.45) is 3.68. The van der Waals surface area contributed by atoms with Gasteiger partial charge >= 0.3 is 0 Å². The van der Waals surface area contributed by atoms with Crippen molar-refractivity contribution >= 4 is 5.69 Å². The molecule has 0 spiro atoms. The minimum atomic E-state index is 0.602. The standard InChI is InChI=1S/C15H24N2/c1-3-9-17(10-4-2)12-14-11-13-7-5-6-8-15(13)16-14/h5-8,14,16H,3-4,9-12H2,1-2H3/t14-/m1/s1. The summed E-state index contributed by atoms with van der Waals surface area (Å²) in [5.41, 5.74) is 2.82. The number of rotatable bonds is 6. The predicted octanol–water partition coefficient (Wildman–Crippen LogP) is 3.15. The summed E-state index contributed by atoms with van der Waals surface area (Å²) in [4.78, 5) is 2.59. The zero-order valence-electron chi connectivity index (χ0n) is 11.1. The van der Waals surface area contributed by atoms with Crippen LogP contribution in [0, 0.1) is 0 Å². The molecule has 0 aliphatic carbocycles. The molecule has 0 fully saturated rings. The van der Waals surface area contributed by atoms with Crippen LogP contribution in [0.15, 0.2) is 24.3 Å². The van der Waals surface area contributed by atoms with Crippen LogP contribution >= 0.6 is 0 Å². The minimum absolute atomic E-state index is 0.602. The molecule has 1 aliphatic heterocycles. The van der Waals surface area contributed by atoms with Crippen LogP contribution in [0.2, 0.25) is 0 Å². The summed E-state index contributed by atoms with van der Waals surface area (Å²) in [6.45, 7) is 8.15. The fourth-order valence-corrected chi connectivity index (χ4v) is 2.72. The smallest absolute Gasteiger partial charge is 0.0429 e. The SMILES string of the molecule is CCCN(CCC)C[C@H]1Cc2ccccc2N1. The summed E-state index contributed by atoms with van der Waals surface area (Å²) >= 11 is 0. The molecule has 0 amide bonds. The lowest BCUT2D eigenvalue weighted by Gasteiger charge is -2.24. The number of fused-ring (bicyclic) bond motifs is 1. The van der Waals surface area contributed by atoms with E-state index < -0.39 is 0 Å². The molecule has 1 aromatic rings. The molecular formula is C15H24N2. The highest BCUT2D eigenvalue weighted by molar-refractivity contribution is 5.56. The van der Waals surface area contributed by atoms with Crippen molar-refractivity contribution in [3.8, 4) is 0 Å². The van der Waals surface area contributed by atoms with Crippen molar-refractivity contribution in [1.82, 2.24) is 4.90 Å². The van der Waals surface area contributed by atoms with Crippen LogP contribution in [0.5, 0.6) is 0 Å². The summed E-state index contributed by atoms with van der Waals surface area (Å²) in [6, 6.07) is 9.29. The molecule has 17 heavy (non-hydrogen) atoms. The van der Waals surface area contributed by atoms with Crippen molar-refractivity contribution in [2.75, 3.05) is 25.0 Å². The van der Waals surface area contributed by atoms with Gasteiger partial charge in [0.1, 0.15) is 0 Å². The van der Waals surface area contributed by atoms with E-state index in [0.29, 0.717) is 6.04 Å². The molecule has 1 heterocycles. The first-order valence-corrected chi connectivity index (χ1v) is 6.90. The van der Waals surface area contributed by atoms with Crippen molar-refractivity contribution in [2.45, 2.75) is 39.2 Å².